The van der Waals surface area contributed by atoms with E-state index in [2.05, 4.69) is 25.7 Å². The van der Waals surface area contributed by atoms with E-state index in [0.29, 0.717) is 33.8 Å². The zero-order valence-electron chi connectivity index (χ0n) is 16.2. The molecule has 0 fully saturated rings. The van der Waals surface area contributed by atoms with E-state index in [-0.39, 0.29) is 5.91 Å². The van der Waals surface area contributed by atoms with Crippen LogP contribution < -0.4 is 15.4 Å². The van der Waals surface area contributed by atoms with Gasteiger partial charge in [0.1, 0.15) is 11.8 Å². The Kier molecular flexibility index (Phi) is 5.22. The molecule has 1 unspecified atom stereocenters. The summed E-state index contributed by atoms with van der Waals surface area (Å²) >= 11 is 1.44. The number of nitrogens with zero attached hydrogens (tertiary/aromatic N) is 4. The summed E-state index contributed by atoms with van der Waals surface area (Å²) in [5.74, 6) is 0.932. The number of fused-ring (bicyclic) bond motifs is 1. The van der Waals surface area contributed by atoms with Crippen LogP contribution in [-0.2, 0) is 4.79 Å². The van der Waals surface area contributed by atoms with E-state index >= 15 is 0 Å². The summed E-state index contributed by atoms with van der Waals surface area (Å²) in [6.45, 7) is 1.86. The Morgan fingerprint density at radius 3 is 2.83 bits per heavy atom. The Morgan fingerprint density at radius 2 is 2.10 bits per heavy atom. The molecule has 0 saturated heterocycles. The van der Waals surface area contributed by atoms with E-state index in [1.54, 1.807) is 36.3 Å². The molecule has 4 rings (SSSR count). The molecule has 3 heterocycles. The molecule has 1 atom stereocenters. The highest BCUT2D eigenvalue weighted by Crippen LogP contribution is 2.36. The van der Waals surface area contributed by atoms with Crippen LogP contribution in [0.1, 0.15) is 18.5 Å². The summed E-state index contributed by atoms with van der Waals surface area (Å²) in [5.41, 5.74) is 2.68. The van der Waals surface area contributed by atoms with Crippen LogP contribution in [0.2, 0.25) is 0 Å². The van der Waals surface area contributed by atoms with Crippen LogP contribution in [0.3, 0.4) is 0 Å². The third-order valence-electron chi connectivity index (χ3n) is 4.62. The highest BCUT2D eigenvalue weighted by atomic mass is 32.2. The topological polar surface area (TPSA) is 94.0 Å². The lowest BCUT2D eigenvalue weighted by molar-refractivity contribution is -0.113. The van der Waals surface area contributed by atoms with Gasteiger partial charge in [-0.2, -0.15) is 4.98 Å². The van der Waals surface area contributed by atoms with Gasteiger partial charge < -0.3 is 15.4 Å². The number of pyridine rings is 1. The molecule has 2 aromatic heterocycles. The van der Waals surface area contributed by atoms with E-state index in [4.69, 9.17) is 4.74 Å². The minimum absolute atomic E-state index is 0.250. The van der Waals surface area contributed by atoms with Gasteiger partial charge in [0.2, 0.25) is 11.1 Å². The van der Waals surface area contributed by atoms with Gasteiger partial charge in [-0.25, -0.2) is 4.68 Å². The summed E-state index contributed by atoms with van der Waals surface area (Å²) < 4.78 is 7.09. The Bertz CT molecular complexity index is 1080. The maximum Gasteiger partial charge on any atom is 0.255 e. The first kappa shape index (κ1) is 19.0. The molecule has 9 heteroatoms. The molecule has 2 N–H and O–H groups in total. The first-order chi connectivity index (χ1) is 14.1. The van der Waals surface area contributed by atoms with Crippen molar-refractivity contribution in [2.75, 3.05) is 24.0 Å². The quantitative estimate of drug-likeness (QED) is 0.626. The van der Waals surface area contributed by atoms with E-state index in [9.17, 15) is 4.79 Å². The van der Waals surface area contributed by atoms with Gasteiger partial charge in [-0.15, -0.1) is 5.10 Å². The number of anilines is 2. The van der Waals surface area contributed by atoms with Crippen molar-refractivity contribution in [2.45, 2.75) is 18.1 Å². The van der Waals surface area contributed by atoms with Gasteiger partial charge in [-0.3, -0.25) is 9.78 Å². The number of benzene rings is 1. The lowest BCUT2D eigenvalue weighted by atomic mass is 9.96. The van der Waals surface area contributed by atoms with Gasteiger partial charge in [0.25, 0.3) is 5.91 Å². The number of carbonyl (C=O) groups excluding carboxylic acids is 1. The van der Waals surface area contributed by atoms with Crippen molar-refractivity contribution in [3.8, 4) is 5.75 Å². The number of thioether (sulfide) groups is 1. The smallest absolute Gasteiger partial charge is 0.255 e. The number of aromatic nitrogens is 4. The molecular formula is C20H20N6O2S. The van der Waals surface area contributed by atoms with Crippen molar-refractivity contribution in [2.24, 2.45) is 0 Å². The van der Waals surface area contributed by atoms with E-state index in [0.717, 1.165) is 5.56 Å². The fourth-order valence-electron chi connectivity index (χ4n) is 3.30. The minimum atomic E-state index is -0.456. The van der Waals surface area contributed by atoms with Crippen molar-refractivity contribution in [1.29, 1.82) is 0 Å². The van der Waals surface area contributed by atoms with Crippen LogP contribution >= 0.6 is 11.8 Å². The molecule has 29 heavy (non-hydrogen) atoms. The maximum atomic E-state index is 13.4. The average molecular weight is 408 g/mol. The highest BCUT2D eigenvalue weighted by Gasteiger charge is 2.34. The Hall–Kier alpha value is -3.33. The standard InChI is InChI=1S/C20H20N6O2S/c1-12-16(18(27)23-14-8-4-5-9-15(14)28-2)17(13-7-6-10-21-11-13)26-19(22-12)24-20(25-26)29-3/h4-11,17H,1-3H3,(H,23,27)(H,22,24,25). The first-order valence-electron chi connectivity index (χ1n) is 8.95. The zero-order chi connectivity index (χ0) is 20.4. The molecular weight excluding hydrogens is 388 g/mol. The first-order valence-corrected chi connectivity index (χ1v) is 10.2. The van der Waals surface area contributed by atoms with E-state index in [1.807, 2.05) is 37.4 Å². The predicted molar refractivity (Wildman–Crippen MR) is 112 cm³/mol. The second-order valence-electron chi connectivity index (χ2n) is 6.37. The van der Waals surface area contributed by atoms with Crippen LogP contribution in [-0.4, -0.2) is 39.0 Å². The number of nitrogens with one attached hydrogen (secondary N) is 2. The van der Waals surface area contributed by atoms with Gasteiger partial charge in [-0.05, 0) is 36.9 Å². The molecule has 0 radical (unpaired) electrons. The van der Waals surface area contributed by atoms with Gasteiger partial charge in [0, 0.05) is 18.1 Å². The van der Waals surface area contributed by atoms with Crippen molar-refractivity contribution >= 4 is 29.3 Å². The Morgan fingerprint density at radius 1 is 1.28 bits per heavy atom. The normalized spacial score (nSPS) is 15.5. The summed E-state index contributed by atoms with van der Waals surface area (Å²) in [6, 6.07) is 10.6. The van der Waals surface area contributed by atoms with Crippen LogP contribution in [0, 0.1) is 0 Å². The molecule has 1 aliphatic heterocycles. The molecule has 1 aromatic carbocycles. The Balaban J connectivity index is 1.78. The largest absolute Gasteiger partial charge is 0.495 e. The second-order valence-corrected chi connectivity index (χ2v) is 7.15. The monoisotopic (exact) mass is 408 g/mol. The highest BCUT2D eigenvalue weighted by molar-refractivity contribution is 7.98. The fourth-order valence-corrected chi connectivity index (χ4v) is 3.64. The SMILES string of the molecule is COc1ccccc1NC(=O)C1=C(C)Nc2nc(SC)nn2C1c1cccnc1. The molecule has 0 aliphatic carbocycles. The summed E-state index contributed by atoms with van der Waals surface area (Å²) in [5, 5.41) is 11.4. The van der Waals surface area contributed by atoms with Crippen LogP contribution in [0.15, 0.2) is 65.2 Å². The number of methoxy groups -OCH3 is 1. The third kappa shape index (κ3) is 3.56. The molecule has 3 aromatic rings. The summed E-state index contributed by atoms with van der Waals surface area (Å²) in [6.07, 6.45) is 5.35. The van der Waals surface area contributed by atoms with E-state index < -0.39 is 6.04 Å². The number of allylic oxidation sites excluding steroid dienone is 1. The van der Waals surface area contributed by atoms with Crippen molar-refractivity contribution < 1.29 is 9.53 Å². The molecule has 0 spiro atoms. The van der Waals surface area contributed by atoms with Crippen LogP contribution in [0.25, 0.3) is 0 Å². The van der Waals surface area contributed by atoms with Crippen molar-refractivity contribution in [3.05, 3.63) is 65.6 Å². The molecule has 0 saturated carbocycles. The number of carbonyl (C=O) groups is 1. The Labute approximate surface area is 172 Å². The second kappa shape index (κ2) is 7.96. The molecule has 1 aliphatic rings. The molecule has 8 nitrogen and oxygen atoms in total. The van der Waals surface area contributed by atoms with E-state index in [1.165, 1.54) is 11.8 Å². The lowest BCUT2D eigenvalue weighted by Crippen LogP contribution is -2.31. The summed E-state index contributed by atoms with van der Waals surface area (Å²) in [4.78, 5) is 22.1. The maximum absolute atomic E-state index is 13.4. The zero-order valence-corrected chi connectivity index (χ0v) is 17.0. The number of hydrogen-bond donors (Lipinski definition) is 2. The molecule has 148 valence electrons. The number of rotatable bonds is 5. The van der Waals surface area contributed by atoms with Crippen LogP contribution in [0.5, 0.6) is 5.75 Å². The van der Waals surface area contributed by atoms with Gasteiger partial charge in [-0.1, -0.05) is 30.0 Å². The molecule has 1 amide bonds. The molecule has 0 bridgehead atoms. The average Bonchev–Trinajstić information content (AvgIpc) is 3.16. The number of ether oxygens (including phenoxy) is 1. The minimum Gasteiger partial charge on any atom is -0.495 e. The van der Waals surface area contributed by atoms with Crippen molar-refractivity contribution in [3.63, 3.8) is 0 Å². The number of para-hydroxylation sites is 2. The fraction of sp³-hybridized carbons (Fsp3) is 0.200. The number of hydrogen-bond acceptors (Lipinski definition) is 7. The predicted octanol–water partition coefficient (Wildman–Crippen LogP) is 3.33. The van der Waals surface area contributed by atoms with Gasteiger partial charge >= 0.3 is 0 Å². The summed E-state index contributed by atoms with van der Waals surface area (Å²) in [7, 11) is 1.57. The van der Waals surface area contributed by atoms with Crippen molar-refractivity contribution in [1.82, 2.24) is 19.7 Å². The van der Waals surface area contributed by atoms with Gasteiger partial charge in [0.15, 0.2) is 0 Å². The number of amides is 1. The lowest BCUT2D eigenvalue weighted by Gasteiger charge is -2.28. The van der Waals surface area contributed by atoms with Gasteiger partial charge in [0.05, 0.1) is 18.4 Å². The van der Waals surface area contributed by atoms with Crippen LogP contribution in [0.4, 0.5) is 11.6 Å². The third-order valence-corrected chi connectivity index (χ3v) is 5.15.